The van der Waals surface area contributed by atoms with Crippen LogP contribution in [0.3, 0.4) is 0 Å². The van der Waals surface area contributed by atoms with Gasteiger partial charge in [0.2, 0.25) is 5.91 Å². The molecule has 1 fully saturated rings. The van der Waals surface area contributed by atoms with Gasteiger partial charge in [0.1, 0.15) is 17.8 Å². The molecule has 2 aromatic carbocycles. The predicted octanol–water partition coefficient (Wildman–Crippen LogP) is 1.65. The summed E-state index contributed by atoms with van der Waals surface area (Å²) in [6.07, 6.45) is 0. The van der Waals surface area contributed by atoms with Crippen LogP contribution in [0.1, 0.15) is 23.6 Å². The molecule has 2 aromatic rings. The van der Waals surface area contributed by atoms with Gasteiger partial charge in [-0.25, -0.2) is 4.79 Å². The zero-order valence-corrected chi connectivity index (χ0v) is 16.1. The maximum atomic E-state index is 12.9. The number of nitriles is 1. The van der Waals surface area contributed by atoms with Crippen molar-refractivity contribution in [2.75, 3.05) is 13.7 Å². The maximum absolute atomic E-state index is 12.9. The quantitative estimate of drug-likeness (QED) is 0.726. The Balaban J connectivity index is 1.66. The van der Waals surface area contributed by atoms with Crippen molar-refractivity contribution >= 4 is 17.8 Å². The number of hydrogen-bond donors (Lipinski definition) is 2. The number of nitrogens with zero attached hydrogens (tertiary/aromatic N) is 2. The van der Waals surface area contributed by atoms with Gasteiger partial charge in [-0.2, -0.15) is 5.26 Å². The lowest BCUT2D eigenvalue weighted by Crippen LogP contribution is -2.43. The fourth-order valence-electron chi connectivity index (χ4n) is 3.10. The Morgan fingerprint density at radius 2 is 1.97 bits per heavy atom. The largest absolute Gasteiger partial charge is 0.497 e. The molecule has 3 rings (SSSR count). The van der Waals surface area contributed by atoms with E-state index >= 15 is 0 Å². The van der Waals surface area contributed by atoms with Gasteiger partial charge < -0.3 is 15.4 Å². The van der Waals surface area contributed by atoms with Gasteiger partial charge in [0, 0.05) is 6.54 Å². The molecule has 0 unspecified atom stereocenters. The van der Waals surface area contributed by atoms with E-state index in [9.17, 15) is 14.4 Å². The summed E-state index contributed by atoms with van der Waals surface area (Å²) in [6, 6.07) is 15.0. The summed E-state index contributed by atoms with van der Waals surface area (Å²) in [5.41, 5.74) is 0.521. The molecule has 4 amide bonds. The van der Waals surface area contributed by atoms with Gasteiger partial charge >= 0.3 is 6.03 Å². The first-order chi connectivity index (χ1) is 13.9. The molecule has 29 heavy (non-hydrogen) atoms. The second-order valence-corrected chi connectivity index (χ2v) is 6.76. The predicted molar refractivity (Wildman–Crippen MR) is 104 cm³/mol. The Morgan fingerprint density at radius 3 is 2.62 bits per heavy atom. The van der Waals surface area contributed by atoms with Crippen molar-refractivity contribution in [2.24, 2.45) is 0 Å². The summed E-state index contributed by atoms with van der Waals surface area (Å²) in [5, 5.41) is 14.2. The molecule has 0 bridgehead atoms. The van der Waals surface area contributed by atoms with Crippen LogP contribution in [-0.4, -0.2) is 36.4 Å². The highest BCUT2D eigenvalue weighted by Crippen LogP contribution is 2.28. The van der Waals surface area contributed by atoms with Gasteiger partial charge in [-0.05, 0) is 42.3 Å². The number of ether oxygens (including phenoxy) is 1. The van der Waals surface area contributed by atoms with Crippen LogP contribution >= 0.6 is 0 Å². The van der Waals surface area contributed by atoms with E-state index in [0.29, 0.717) is 16.9 Å². The van der Waals surface area contributed by atoms with E-state index in [0.717, 1.165) is 10.5 Å². The zero-order valence-electron chi connectivity index (χ0n) is 16.1. The van der Waals surface area contributed by atoms with Crippen LogP contribution in [0.4, 0.5) is 4.79 Å². The molecule has 1 saturated heterocycles. The minimum Gasteiger partial charge on any atom is -0.497 e. The number of imide groups is 1. The van der Waals surface area contributed by atoms with Gasteiger partial charge in [0.05, 0.1) is 18.7 Å². The number of rotatable bonds is 6. The van der Waals surface area contributed by atoms with Crippen LogP contribution in [0.25, 0.3) is 0 Å². The Kier molecular flexibility index (Phi) is 5.50. The third-order valence-electron chi connectivity index (χ3n) is 4.79. The van der Waals surface area contributed by atoms with Crippen molar-refractivity contribution in [3.8, 4) is 11.8 Å². The monoisotopic (exact) mass is 392 g/mol. The van der Waals surface area contributed by atoms with Crippen LogP contribution in [0.2, 0.25) is 0 Å². The van der Waals surface area contributed by atoms with Crippen molar-refractivity contribution in [3.63, 3.8) is 0 Å². The summed E-state index contributed by atoms with van der Waals surface area (Å²) < 4.78 is 5.14. The van der Waals surface area contributed by atoms with Gasteiger partial charge in [-0.1, -0.05) is 24.3 Å². The van der Waals surface area contributed by atoms with Gasteiger partial charge in [-0.3, -0.25) is 14.5 Å². The summed E-state index contributed by atoms with van der Waals surface area (Å²) in [7, 11) is 1.56. The Labute approximate surface area is 168 Å². The number of urea groups is 1. The van der Waals surface area contributed by atoms with Gasteiger partial charge in [-0.15, -0.1) is 0 Å². The molecule has 148 valence electrons. The van der Waals surface area contributed by atoms with E-state index in [1.807, 2.05) is 12.1 Å². The molecule has 1 aliphatic rings. The molecular formula is C21H20N4O4. The van der Waals surface area contributed by atoms with Crippen LogP contribution in [0.15, 0.2) is 48.5 Å². The van der Waals surface area contributed by atoms with E-state index in [1.165, 1.54) is 0 Å². The number of nitrogens with one attached hydrogen (secondary N) is 2. The number of carbonyl (C=O) groups is 3. The lowest BCUT2D eigenvalue weighted by molar-refractivity contribution is -0.134. The van der Waals surface area contributed by atoms with Crippen molar-refractivity contribution in [1.29, 1.82) is 5.26 Å². The molecule has 2 N–H and O–H groups in total. The Bertz CT molecular complexity index is 996. The third kappa shape index (κ3) is 4.04. The number of amides is 4. The molecule has 8 heteroatoms. The SMILES string of the molecule is COc1cccc(CNC(=O)CN2C(=O)N[C@](C)(c3ccc(C#N)cc3)C2=O)c1. The summed E-state index contributed by atoms with van der Waals surface area (Å²) in [4.78, 5) is 38.4. The van der Waals surface area contributed by atoms with E-state index < -0.39 is 23.4 Å². The highest BCUT2D eigenvalue weighted by molar-refractivity contribution is 6.09. The molecule has 1 atom stereocenters. The molecule has 0 spiro atoms. The number of methoxy groups -OCH3 is 1. The number of carbonyl (C=O) groups excluding carboxylic acids is 3. The molecular weight excluding hydrogens is 372 g/mol. The van der Waals surface area contributed by atoms with Crippen molar-refractivity contribution in [2.45, 2.75) is 19.0 Å². The summed E-state index contributed by atoms with van der Waals surface area (Å²) >= 11 is 0. The fraction of sp³-hybridized carbons (Fsp3) is 0.238. The van der Waals surface area contributed by atoms with Crippen molar-refractivity contribution in [1.82, 2.24) is 15.5 Å². The molecule has 0 radical (unpaired) electrons. The number of benzene rings is 2. The summed E-state index contributed by atoms with van der Waals surface area (Å²) in [5.74, 6) is -0.312. The van der Waals surface area contributed by atoms with Crippen LogP contribution in [0, 0.1) is 11.3 Å². The Hall–Kier alpha value is -3.86. The summed E-state index contributed by atoms with van der Waals surface area (Å²) in [6.45, 7) is 1.43. The van der Waals surface area contributed by atoms with Crippen LogP contribution in [0.5, 0.6) is 5.75 Å². The van der Waals surface area contributed by atoms with Crippen molar-refractivity contribution < 1.29 is 19.1 Å². The van der Waals surface area contributed by atoms with E-state index in [1.54, 1.807) is 56.5 Å². The molecule has 1 aliphatic heterocycles. The van der Waals surface area contributed by atoms with Crippen LogP contribution < -0.4 is 15.4 Å². The first-order valence-electron chi connectivity index (χ1n) is 8.92. The lowest BCUT2D eigenvalue weighted by Gasteiger charge is -2.22. The minimum atomic E-state index is -1.29. The average molecular weight is 392 g/mol. The highest BCUT2D eigenvalue weighted by Gasteiger charge is 2.49. The lowest BCUT2D eigenvalue weighted by atomic mass is 9.91. The molecule has 0 aliphatic carbocycles. The molecule has 0 aromatic heterocycles. The molecule has 8 nitrogen and oxygen atoms in total. The smallest absolute Gasteiger partial charge is 0.325 e. The zero-order chi connectivity index (χ0) is 21.0. The normalized spacial score (nSPS) is 18.2. The first kappa shape index (κ1) is 19.9. The first-order valence-corrected chi connectivity index (χ1v) is 8.92. The second kappa shape index (κ2) is 8.02. The van der Waals surface area contributed by atoms with E-state index in [2.05, 4.69) is 10.6 Å². The molecule has 1 heterocycles. The topological polar surface area (TPSA) is 112 Å². The van der Waals surface area contributed by atoms with E-state index in [4.69, 9.17) is 10.00 Å². The average Bonchev–Trinajstić information content (AvgIpc) is 2.96. The van der Waals surface area contributed by atoms with Gasteiger partial charge in [0.25, 0.3) is 5.91 Å². The van der Waals surface area contributed by atoms with Crippen molar-refractivity contribution in [3.05, 3.63) is 65.2 Å². The second-order valence-electron chi connectivity index (χ2n) is 6.76. The Morgan fingerprint density at radius 1 is 1.24 bits per heavy atom. The van der Waals surface area contributed by atoms with Crippen LogP contribution in [-0.2, 0) is 21.7 Å². The van der Waals surface area contributed by atoms with Gasteiger partial charge in [0.15, 0.2) is 0 Å². The molecule has 0 saturated carbocycles. The van der Waals surface area contributed by atoms with E-state index in [-0.39, 0.29) is 13.1 Å². The third-order valence-corrected chi connectivity index (χ3v) is 4.79. The maximum Gasteiger partial charge on any atom is 0.325 e. The highest BCUT2D eigenvalue weighted by atomic mass is 16.5. The standard InChI is InChI=1S/C21H20N4O4/c1-21(16-8-6-14(11-22)7-9-16)19(27)25(20(28)24-21)13-18(26)23-12-15-4-3-5-17(10-15)29-2/h3-10H,12-13H2,1-2H3,(H,23,26)(H,24,28)/t21-/m1/s1. The number of hydrogen-bond acceptors (Lipinski definition) is 5. The fourth-order valence-corrected chi connectivity index (χ4v) is 3.10. The minimum absolute atomic E-state index is 0.243.